The standard InChI is InChI=1S/C17H14N4O5/c1-11-18-17(26-20-11)12-6-2-5-9-15(12)25-10-16(22)19-13-7-3-4-8-14(13)21(23)24/h2-9H,10H2,1H3,(H,19,22). The molecule has 0 aliphatic heterocycles. The average Bonchev–Trinajstić information content (AvgIpc) is 3.07. The second-order valence-corrected chi connectivity index (χ2v) is 5.25. The van der Waals surface area contributed by atoms with E-state index in [0.717, 1.165) is 0 Å². The fourth-order valence-electron chi connectivity index (χ4n) is 2.24. The number of rotatable bonds is 6. The number of carbonyl (C=O) groups is 1. The van der Waals surface area contributed by atoms with Crippen molar-refractivity contribution in [3.05, 3.63) is 64.5 Å². The summed E-state index contributed by atoms with van der Waals surface area (Å²) < 4.78 is 10.6. The summed E-state index contributed by atoms with van der Waals surface area (Å²) in [5, 5.41) is 17.2. The maximum absolute atomic E-state index is 12.1. The van der Waals surface area contributed by atoms with E-state index < -0.39 is 10.8 Å². The first kappa shape index (κ1) is 17.1. The summed E-state index contributed by atoms with van der Waals surface area (Å²) >= 11 is 0. The first-order valence-electron chi connectivity index (χ1n) is 7.60. The second-order valence-electron chi connectivity index (χ2n) is 5.25. The summed E-state index contributed by atoms with van der Waals surface area (Å²) in [6.45, 7) is 1.35. The fourth-order valence-corrected chi connectivity index (χ4v) is 2.24. The number of anilines is 1. The van der Waals surface area contributed by atoms with E-state index in [2.05, 4.69) is 15.5 Å². The van der Waals surface area contributed by atoms with Crippen LogP contribution in [0.25, 0.3) is 11.5 Å². The normalized spacial score (nSPS) is 10.3. The Balaban J connectivity index is 1.70. The summed E-state index contributed by atoms with van der Waals surface area (Å²) in [5.74, 6) is 0.603. The van der Waals surface area contributed by atoms with Crippen molar-refractivity contribution in [2.45, 2.75) is 6.92 Å². The highest BCUT2D eigenvalue weighted by Gasteiger charge is 2.16. The van der Waals surface area contributed by atoms with E-state index in [4.69, 9.17) is 9.26 Å². The molecule has 0 unspecified atom stereocenters. The number of hydrogen-bond acceptors (Lipinski definition) is 7. The van der Waals surface area contributed by atoms with Gasteiger partial charge in [-0.2, -0.15) is 4.98 Å². The van der Waals surface area contributed by atoms with Gasteiger partial charge in [0.2, 0.25) is 0 Å². The van der Waals surface area contributed by atoms with E-state index in [1.54, 1.807) is 37.3 Å². The molecule has 0 atom stereocenters. The van der Waals surface area contributed by atoms with Gasteiger partial charge in [-0.15, -0.1) is 0 Å². The number of ether oxygens (including phenoxy) is 1. The zero-order valence-corrected chi connectivity index (χ0v) is 13.7. The van der Waals surface area contributed by atoms with Crippen LogP contribution in [0.15, 0.2) is 53.1 Å². The summed E-state index contributed by atoms with van der Waals surface area (Å²) in [4.78, 5) is 26.7. The molecule has 2 aromatic carbocycles. The summed E-state index contributed by atoms with van der Waals surface area (Å²) in [7, 11) is 0. The first-order valence-corrected chi connectivity index (χ1v) is 7.60. The number of carbonyl (C=O) groups excluding carboxylic acids is 1. The number of para-hydroxylation sites is 3. The highest BCUT2D eigenvalue weighted by atomic mass is 16.6. The number of amides is 1. The van der Waals surface area contributed by atoms with Crippen LogP contribution in [0.3, 0.4) is 0 Å². The smallest absolute Gasteiger partial charge is 0.292 e. The molecule has 1 aromatic heterocycles. The molecule has 26 heavy (non-hydrogen) atoms. The monoisotopic (exact) mass is 354 g/mol. The molecule has 1 heterocycles. The van der Waals surface area contributed by atoms with Crippen LogP contribution < -0.4 is 10.1 Å². The third kappa shape index (κ3) is 3.83. The van der Waals surface area contributed by atoms with Gasteiger partial charge >= 0.3 is 0 Å². The van der Waals surface area contributed by atoms with Crippen molar-refractivity contribution in [1.82, 2.24) is 10.1 Å². The maximum Gasteiger partial charge on any atom is 0.292 e. The van der Waals surface area contributed by atoms with Gasteiger partial charge in [0.1, 0.15) is 11.4 Å². The maximum atomic E-state index is 12.1. The van der Waals surface area contributed by atoms with Crippen LogP contribution >= 0.6 is 0 Å². The molecule has 0 saturated carbocycles. The Bertz CT molecular complexity index is 954. The Kier molecular flexibility index (Phi) is 4.88. The van der Waals surface area contributed by atoms with Gasteiger partial charge in [0.05, 0.1) is 10.5 Å². The van der Waals surface area contributed by atoms with Crippen molar-refractivity contribution >= 4 is 17.3 Å². The molecule has 0 aliphatic carbocycles. The predicted molar refractivity (Wildman–Crippen MR) is 91.7 cm³/mol. The van der Waals surface area contributed by atoms with Crippen molar-refractivity contribution < 1.29 is 19.0 Å². The number of nitrogens with zero attached hydrogens (tertiary/aromatic N) is 3. The van der Waals surface area contributed by atoms with Gasteiger partial charge < -0.3 is 14.6 Å². The van der Waals surface area contributed by atoms with Gasteiger partial charge in [0.15, 0.2) is 12.4 Å². The summed E-state index contributed by atoms with van der Waals surface area (Å²) in [6.07, 6.45) is 0. The Morgan fingerprint density at radius 1 is 1.23 bits per heavy atom. The highest BCUT2D eigenvalue weighted by Crippen LogP contribution is 2.28. The van der Waals surface area contributed by atoms with Crippen molar-refractivity contribution in [1.29, 1.82) is 0 Å². The lowest BCUT2D eigenvalue weighted by atomic mass is 10.2. The average molecular weight is 354 g/mol. The third-order valence-corrected chi connectivity index (χ3v) is 3.38. The lowest BCUT2D eigenvalue weighted by Gasteiger charge is -2.09. The van der Waals surface area contributed by atoms with Crippen LogP contribution in [0.2, 0.25) is 0 Å². The van der Waals surface area contributed by atoms with Crippen LogP contribution in [0.4, 0.5) is 11.4 Å². The largest absolute Gasteiger partial charge is 0.483 e. The molecule has 0 radical (unpaired) electrons. The zero-order valence-electron chi connectivity index (χ0n) is 13.7. The molecule has 3 aromatic rings. The molecule has 0 spiro atoms. The van der Waals surface area contributed by atoms with Crippen LogP contribution in [0, 0.1) is 17.0 Å². The van der Waals surface area contributed by atoms with E-state index >= 15 is 0 Å². The molecule has 132 valence electrons. The fraction of sp³-hybridized carbons (Fsp3) is 0.118. The topological polar surface area (TPSA) is 120 Å². The van der Waals surface area contributed by atoms with Crippen LogP contribution in [0.5, 0.6) is 5.75 Å². The molecule has 1 N–H and O–H groups in total. The van der Waals surface area contributed by atoms with Gasteiger partial charge in [-0.1, -0.05) is 29.4 Å². The van der Waals surface area contributed by atoms with E-state index in [-0.39, 0.29) is 23.9 Å². The molecule has 9 nitrogen and oxygen atoms in total. The molecule has 3 rings (SSSR count). The Labute approximate surface area is 147 Å². The zero-order chi connectivity index (χ0) is 18.5. The number of nitro groups is 1. The van der Waals surface area contributed by atoms with Crippen molar-refractivity contribution in [3.63, 3.8) is 0 Å². The van der Waals surface area contributed by atoms with Gasteiger partial charge in [-0.3, -0.25) is 14.9 Å². The van der Waals surface area contributed by atoms with Crippen LogP contribution in [-0.4, -0.2) is 27.6 Å². The molecule has 0 aliphatic rings. The lowest BCUT2D eigenvalue weighted by Crippen LogP contribution is -2.20. The van der Waals surface area contributed by atoms with Crippen molar-refractivity contribution in [2.24, 2.45) is 0 Å². The van der Waals surface area contributed by atoms with Gasteiger partial charge in [-0.25, -0.2) is 0 Å². The predicted octanol–water partition coefficient (Wildman–Crippen LogP) is 2.97. The molecular weight excluding hydrogens is 340 g/mol. The van der Waals surface area contributed by atoms with Crippen molar-refractivity contribution in [2.75, 3.05) is 11.9 Å². The number of benzene rings is 2. The van der Waals surface area contributed by atoms with Crippen LogP contribution in [-0.2, 0) is 4.79 Å². The number of hydrogen-bond donors (Lipinski definition) is 1. The van der Waals surface area contributed by atoms with Gasteiger partial charge in [0, 0.05) is 6.07 Å². The third-order valence-electron chi connectivity index (χ3n) is 3.38. The number of aryl methyl sites for hydroxylation is 1. The van der Waals surface area contributed by atoms with Crippen molar-refractivity contribution in [3.8, 4) is 17.2 Å². The van der Waals surface area contributed by atoms with E-state index in [1.165, 1.54) is 18.2 Å². The summed E-state index contributed by atoms with van der Waals surface area (Å²) in [6, 6.07) is 12.8. The molecule has 9 heteroatoms. The minimum absolute atomic E-state index is 0.104. The van der Waals surface area contributed by atoms with E-state index in [1.807, 2.05) is 0 Å². The first-order chi connectivity index (χ1) is 12.5. The summed E-state index contributed by atoms with van der Waals surface area (Å²) in [5.41, 5.74) is 0.459. The molecule has 0 saturated heterocycles. The minimum atomic E-state index is -0.566. The SMILES string of the molecule is Cc1noc(-c2ccccc2OCC(=O)Nc2ccccc2[N+](=O)[O-])n1. The second kappa shape index (κ2) is 7.43. The van der Waals surface area contributed by atoms with E-state index in [0.29, 0.717) is 17.1 Å². The van der Waals surface area contributed by atoms with E-state index in [9.17, 15) is 14.9 Å². The lowest BCUT2D eigenvalue weighted by molar-refractivity contribution is -0.383. The Morgan fingerprint density at radius 3 is 2.69 bits per heavy atom. The quantitative estimate of drug-likeness (QED) is 0.533. The molecule has 0 fully saturated rings. The molecular formula is C17H14N4O5. The number of aromatic nitrogens is 2. The molecule has 1 amide bonds. The Hall–Kier alpha value is -3.75. The van der Waals surface area contributed by atoms with Gasteiger partial charge in [-0.05, 0) is 25.1 Å². The highest BCUT2D eigenvalue weighted by molar-refractivity contribution is 5.94. The van der Waals surface area contributed by atoms with Gasteiger partial charge in [0.25, 0.3) is 17.5 Å². The number of nitrogens with one attached hydrogen (secondary N) is 1. The minimum Gasteiger partial charge on any atom is -0.483 e. The molecule has 0 bridgehead atoms. The Morgan fingerprint density at radius 2 is 1.96 bits per heavy atom. The number of nitro benzene ring substituents is 1. The van der Waals surface area contributed by atoms with Crippen LogP contribution in [0.1, 0.15) is 5.82 Å².